The SMILES string of the molecule is CC(=O)NC(=S)Nc1ccccc1.CC(=O)NC(=S)Nc1ccccc1. The monoisotopic (exact) mass is 388 g/mol. The normalized spacial score (nSPS) is 9.00. The molecule has 0 saturated carbocycles. The van der Waals surface area contributed by atoms with E-state index in [-0.39, 0.29) is 11.8 Å². The molecule has 2 rings (SSSR count). The lowest BCUT2D eigenvalue weighted by Gasteiger charge is -2.06. The lowest BCUT2D eigenvalue weighted by Crippen LogP contribution is -2.32. The predicted molar refractivity (Wildman–Crippen MR) is 113 cm³/mol. The summed E-state index contributed by atoms with van der Waals surface area (Å²) < 4.78 is 0. The van der Waals surface area contributed by atoms with Crippen LogP contribution in [0, 0.1) is 0 Å². The van der Waals surface area contributed by atoms with E-state index in [2.05, 4.69) is 21.3 Å². The van der Waals surface area contributed by atoms with Gasteiger partial charge in [-0.3, -0.25) is 9.59 Å². The van der Waals surface area contributed by atoms with Crippen LogP contribution in [0.1, 0.15) is 13.8 Å². The molecule has 2 aromatic rings. The maximum absolute atomic E-state index is 10.6. The standard InChI is InChI=1S/2C9H10N2OS/c2*1-7(12)10-9(13)11-8-5-3-2-4-6-8/h2*2-6H,1H3,(H2,10,11,12,13). The Kier molecular flexibility index (Phi) is 9.52. The molecule has 0 radical (unpaired) electrons. The third-order valence-electron chi connectivity index (χ3n) is 2.64. The molecule has 0 aliphatic heterocycles. The van der Waals surface area contributed by atoms with Crippen molar-refractivity contribution in [3.05, 3.63) is 60.7 Å². The summed E-state index contributed by atoms with van der Waals surface area (Å²) in [5.41, 5.74) is 1.72. The topological polar surface area (TPSA) is 82.3 Å². The number of rotatable bonds is 2. The van der Waals surface area contributed by atoms with Crippen LogP contribution in [0.15, 0.2) is 60.7 Å². The fraction of sp³-hybridized carbons (Fsp3) is 0.111. The molecule has 0 aliphatic carbocycles. The van der Waals surface area contributed by atoms with Gasteiger partial charge in [-0.2, -0.15) is 0 Å². The smallest absolute Gasteiger partial charge is 0.222 e. The minimum absolute atomic E-state index is 0.173. The van der Waals surface area contributed by atoms with Crippen LogP contribution in [-0.2, 0) is 9.59 Å². The molecule has 136 valence electrons. The van der Waals surface area contributed by atoms with Crippen LogP contribution in [-0.4, -0.2) is 22.0 Å². The molecule has 6 nitrogen and oxygen atoms in total. The summed E-state index contributed by atoms with van der Waals surface area (Å²) in [6, 6.07) is 18.8. The van der Waals surface area contributed by atoms with Crippen LogP contribution in [0.4, 0.5) is 11.4 Å². The molecule has 8 heteroatoms. The Morgan fingerprint density at radius 1 is 0.654 bits per heavy atom. The van der Waals surface area contributed by atoms with E-state index in [0.29, 0.717) is 10.2 Å². The quantitative estimate of drug-likeness (QED) is 0.592. The van der Waals surface area contributed by atoms with Crippen molar-refractivity contribution < 1.29 is 9.59 Å². The number of thiocarbonyl (C=S) groups is 2. The number of amides is 2. The highest BCUT2D eigenvalue weighted by Crippen LogP contribution is 2.04. The number of para-hydroxylation sites is 2. The first-order chi connectivity index (χ1) is 12.4. The Hall–Kier alpha value is -2.84. The molecule has 0 bridgehead atoms. The zero-order valence-corrected chi connectivity index (χ0v) is 16.0. The Bertz CT molecular complexity index is 687. The second-order valence-corrected chi connectivity index (χ2v) is 5.82. The molecule has 0 saturated heterocycles. The van der Waals surface area contributed by atoms with Crippen molar-refractivity contribution in [2.75, 3.05) is 10.6 Å². The van der Waals surface area contributed by atoms with E-state index >= 15 is 0 Å². The van der Waals surface area contributed by atoms with Crippen molar-refractivity contribution in [2.45, 2.75) is 13.8 Å². The average Bonchev–Trinajstić information content (AvgIpc) is 2.55. The van der Waals surface area contributed by atoms with E-state index in [1.807, 2.05) is 60.7 Å². The molecule has 0 unspecified atom stereocenters. The number of nitrogens with one attached hydrogen (secondary N) is 4. The molecule has 0 aromatic heterocycles. The second-order valence-electron chi connectivity index (χ2n) is 5.00. The van der Waals surface area contributed by atoms with E-state index in [0.717, 1.165) is 11.4 Å². The third kappa shape index (κ3) is 10.1. The minimum Gasteiger partial charge on any atom is -0.332 e. The zero-order valence-electron chi connectivity index (χ0n) is 14.4. The minimum atomic E-state index is -0.173. The first-order valence-corrected chi connectivity index (χ1v) is 8.45. The predicted octanol–water partition coefficient (Wildman–Crippen LogP) is 3.04. The van der Waals surface area contributed by atoms with Gasteiger partial charge in [0.2, 0.25) is 11.8 Å². The maximum atomic E-state index is 10.6. The Balaban J connectivity index is 0.000000260. The molecular formula is C18H20N4O2S2. The van der Waals surface area contributed by atoms with Gasteiger partial charge in [-0.1, -0.05) is 36.4 Å². The van der Waals surface area contributed by atoms with Crippen molar-refractivity contribution >= 4 is 57.8 Å². The van der Waals surface area contributed by atoms with Crippen molar-refractivity contribution in [1.29, 1.82) is 0 Å². The molecule has 4 N–H and O–H groups in total. The van der Waals surface area contributed by atoms with Crippen LogP contribution in [0.5, 0.6) is 0 Å². The Morgan fingerprint density at radius 3 is 1.23 bits per heavy atom. The van der Waals surface area contributed by atoms with Gasteiger partial charge in [-0.05, 0) is 48.7 Å². The number of anilines is 2. The number of hydrogen-bond acceptors (Lipinski definition) is 4. The highest BCUT2D eigenvalue weighted by Gasteiger charge is 1.98. The lowest BCUT2D eigenvalue weighted by atomic mass is 10.3. The van der Waals surface area contributed by atoms with Gasteiger partial charge in [0.15, 0.2) is 10.2 Å². The Morgan fingerprint density at radius 2 is 0.962 bits per heavy atom. The number of benzene rings is 2. The average molecular weight is 389 g/mol. The van der Waals surface area contributed by atoms with Crippen molar-refractivity contribution in [3.8, 4) is 0 Å². The fourth-order valence-electron chi connectivity index (χ4n) is 1.69. The summed E-state index contributed by atoms with van der Waals surface area (Å²) >= 11 is 9.74. The second kappa shape index (κ2) is 11.7. The Labute approximate surface area is 163 Å². The van der Waals surface area contributed by atoms with Gasteiger partial charge in [0, 0.05) is 25.2 Å². The van der Waals surface area contributed by atoms with Gasteiger partial charge in [-0.25, -0.2) is 0 Å². The molecule has 0 heterocycles. The fourth-order valence-corrected chi connectivity index (χ4v) is 2.21. The molecule has 2 amide bonds. The van der Waals surface area contributed by atoms with E-state index in [1.54, 1.807) is 0 Å². The van der Waals surface area contributed by atoms with E-state index < -0.39 is 0 Å². The van der Waals surface area contributed by atoms with Crippen molar-refractivity contribution in [1.82, 2.24) is 10.6 Å². The molecular weight excluding hydrogens is 368 g/mol. The van der Waals surface area contributed by atoms with Crippen molar-refractivity contribution in [2.24, 2.45) is 0 Å². The van der Waals surface area contributed by atoms with Gasteiger partial charge in [0.25, 0.3) is 0 Å². The summed E-state index contributed by atoms with van der Waals surface area (Å²) in [5.74, 6) is -0.345. The zero-order chi connectivity index (χ0) is 19.4. The van der Waals surface area contributed by atoms with Crippen LogP contribution in [0.25, 0.3) is 0 Å². The summed E-state index contributed by atoms with van der Waals surface area (Å²) in [6.45, 7) is 2.83. The van der Waals surface area contributed by atoms with Crippen LogP contribution in [0.2, 0.25) is 0 Å². The van der Waals surface area contributed by atoms with Gasteiger partial charge in [0.05, 0.1) is 0 Å². The van der Waals surface area contributed by atoms with Gasteiger partial charge in [-0.15, -0.1) is 0 Å². The van der Waals surface area contributed by atoms with Gasteiger partial charge in [0.1, 0.15) is 0 Å². The molecule has 0 aliphatic rings. The maximum Gasteiger partial charge on any atom is 0.222 e. The summed E-state index contributed by atoms with van der Waals surface area (Å²) in [7, 11) is 0. The number of carbonyl (C=O) groups is 2. The van der Waals surface area contributed by atoms with E-state index in [4.69, 9.17) is 24.4 Å². The van der Waals surface area contributed by atoms with Crippen molar-refractivity contribution in [3.63, 3.8) is 0 Å². The van der Waals surface area contributed by atoms with Gasteiger partial charge < -0.3 is 21.3 Å². The van der Waals surface area contributed by atoms with Crippen LogP contribution in [0.3, 0.4) is 0 Å². The summed E-state index contributed by atoms with van der Waals surface area (Å²) in [6.07, 6.45) is 0. The largest absolute Gasteiger partial charge is 0.332 e. The van der Waals surface area contributed by atoms with Gasteiger partial charge >= 0.3 is 0 Å². The molecule has 2 aromatic carbocycles. The molecule has 0 fully saturated rings. The van der Waals surface area contributed by atoms with Crippen LogP contribution < -0.4 is 21.3 Å². The summed E-state index contributed by atoms with van der Waals surface area (Å²) in [5, 5.41) is 11.3. The summed E-state index contributed by atoms with van der Waals surface area (Å²) in [4.78, 5) is 21.2. The highest BCUT2D eigenvalue weighted by atomic mass is 32.1. The lowest BCUT2D eigenvalue weighted by molar-refractivity contribution is -0.118. The number of hydrogen-bond donors (Lipinski definition) is 4. The third-order valence-corrected chi connectivity index (χ3v) is 3.05. The number of carbonyl (C=O) groups excluding carboxylic acids is 2. The molecule has 0 spiro atoms. The molecule has 26 heavy (non-hydrogen) atoms. The molecule has 0 atom stereocenters. The first-order valence-electron chi connectivity index (χ1n) is 7.64. The van der Waals surface area contributed by atoms with Crippen LogP contribution >= 0.6 is 24.4 Å². The highest BCUT2D eigenvalue weighted by molar-refractivity contribution is 7.80. The van der Waals surface area contributed by atoms with E-state index in [1.165, 1.54) is 13.8 Å². The first kappa shape index (κ1) is 21.2. The van der Waals surface area contributed by atoms with E-state index in [9.17, 15) is 9.59 Å².